The molecule has 1 aliphatic rings. The van der Waals surface area contributed by atoms with Crippen molar-refractivity contribution in [2.45, 2.75) is 25.6 Å². The molecular weight excluding hydrogens is 368 g/mol. The Hall–Kier alpha value is -2.71. The lowest BCUT2D eigenvalue weighted by Crippen LogP contribution is -2.16. The fourth-order valence-electron chi connectivity index (χ4n) is 2.69. The third kappa shape index (κ3) is 4.53. The van der Waals surface area contributed by atoms with Crippen LogP contribution in [0.3, 0.4) is 0 Å². The Morgan fingerprint density at radius 2 is 2.15 bits per heavy atom. The van der Waals surface area contributed by atoms with Crippen LogP contribution in [0.4, 0.5) is 0 Å². The molecule has 1 fully saturated rings. The maximum atomic E-state index is 12.2. The van der Waals surface area contributed by atoms with E-state index in [0.717, 1.165) is 25.0 Å². The number of nitrogens with zero attached hydrogens (tertiary/aromatic N) is 2. The van der Waals surface area contributed by atoms with Crippen molar-refractivity contribution in [3.8, 4) is 17.1 Å². The van der Waals surface area contributed by atoms with E-state index in [4.69, 9.17) is 18.7 Å². The number of hydrogen-bond acceptors (Lipinski definition) is 8. The van der Waals surface area contributed by atoms with E-state index in [-0.39, 0.29) is 18.6 Å². The molecule has 27 heavy (non-hydrogen) atoms. The molecule has 2 aromatic heterocycles. The number of rotatable bonds is 7. The average molecular weight is 386 g/mol. The lowest BCUT2D eigenvalue weighted by molar-refractivity contribution is 0.0429. The molecule has 1 saturated heterocycles. The third-order valence-corrected chi connectivity index (χ3v) is 4.81. The fraction of sp³-hybridized carbons (Fsp3) is 0.316. The van der Waals surface area contributed by atoms with Crippen molar-refractivity contribution < 1.29 is 23.5 Å². The summed E-state index contributed by atoms with van der Waals surface area (Å²) >= 11 is 1.55. The van der Waals surface area contributed by atoms with Gasteiger partial charge in [0.1, 0.15) is 12.4 Å². The minimum atomic E-state index is -0.462. The van der Waals surface area contributed by atoms with Gasteiger partial charge in [0.15, 0.2) is 6.61 Å². The third-order valence-electron chi connectivity index (χ3n) is 4.12. The van der Waals surface area contributed by atoms with Crippen LogP contribution in [-0.4, -0.2) is 35.4 Å². The van der Waals surface area contributed by atoms with E-state index in [1.807, 2.05) is 16.8 Å². The van der Waals surface area contributed by atoms with E-state index in [9.17, 15) is 4.79 Å². The average Bonchev–Trinajstić information content (AvgIpc) is 3.47. The van der Waals surface area contributed by atoms with Gasteiger partial charge in [-0.15, -0.1) is 0 Å². The Bertz CT molecular complexity index is 870. The largest absolute Gasteiger partial charge is 0.491 e. The van der Waals surface area contributed by atoms with Gasteiger partial charge in [-0.25, -0.2) is 4.79 Å². The molecule has 4 rings (SSSR count). The Morgan fingerprint density at radius 1 is 1.26 bits per heavy atom. The summed E-state index contributed by atoms with van der Waals surface area (Å²) in [7, 11) is 0. The molecule has 0 bridgehead atoms. The van der Waals surface area contributed by atoms with E-state index in [0.29, 0.717) is 23.7 Å². The fourth-order valence-corrected chi connectivity index (χ4v) is 3.32. The summed E-state index contributed by atoms with van der Waals surface area (Å²) in [5.41, 5.74) is 1.30. The molecule has 140 valence electrons. The van der Waals surface area contributed by atoms with E-state index >= 15 is 0 Å². The van der Waals surface area contributed by atoms with Crippen molar-refractivity contribution in [1.29, 1.82) is 0 Å². The van der Waals surface area contributed by atoms with Gasteiger partial charge in [0.2, 0.25) is 5.82 Å². The van der Waals surface area contributed by atoms with Crippen LogP contribution in [0.15, 0.2) is 45.6 Å². The van der Waals surface area contributed by atoms with Crippen molar-refractivity contribution in [2.24, 2.45) is 0 Å². The van der Waals surface area contributed by atoms with Crippen molar-refractivity contribution >= 4 is 17.3 Å². The van der Waals surface area contributed by atoms with Crippen LogP contribution in [0.25, 0.3) is 11.4 Å². The highest BCUT2D eigenvalue weighted by molar-refractivity contribution is 7.08. The van der Waals surface area contributed by atoms with Gasteiger partial charge in [-0.1, -0.05) is 5.16 Å². The summed E-state index contributed by atoms with van der Waals surface area (Å²) in [5.74, 6) is 0.964. The number of benzene rings is 1. The minimum Gasteiger partial charge on any atom is -0.491 e. The van der Waals surface area contributed by atoms with Gasteiger partial charge in [0.05, 0.1) is 11.7 Å². The van der Waals surface area contributed by atoms with Crippen molar-refractivity contribution in [3.05, 3.63) is 52.5 Å². The minimum absolute atomic E-state index is 0.0762. The molecule has 0 spiro atoms. The van der Waals surface area contributed by atoms with Gasteiger partial charge in [-0.05, 0) is 48.6 Å². The Kier molecular flexibility index (Phi) is 5.45. The molecule has 8 heteroatoms. The number of thiophene rings is 1. The Labute approximate surface area is 159 Å². The molecule has 0 saturated carbocycles. The van der Waals surface area contributed by atoms with Gasteiger partial charge in [0.25, 0.3) is 5.89 Å². The van der Waals surface area contributed by atoms with Crippen LogP contribution in [0.1, 0.15) is 29.1 Å². The van der Waals surface area contributed by atoms with Crippen molar-refractivity contribution in [3.63, 3.8) is 0 Å². The number of hydrogen-bond donors (Lipinski definition) is 0. The van der Waals surface area contributed by atoms with Gasteiger partial charge >= 0.3 is 5.97 Å². The van der Waals surface area contributed by atoms with Gasteiger partial charge in [-0.3, -0.25) is 0 Å². The van der Waals surface area contributed by atoms with Crippen molar-refractivity contribution in [1.82, 2.24) is 10.1 Å². The molecule has 0 amide bonds. The highest BCUT2D eigenvalue weighted by Crippen LogP contribution is 2.20. The number of ether oxygens (including phenoxy) is 3. The van der Waals surface area contributed by atoms with Gasteiger partial charge in [-0.2, -0.15) is 16.3 Å². The number of esters is 1. The molecule has 0 aliphatic carbocycles. The monoisotopic (exact) mass is 386 g/mol. The standard InChI is InChI=1S/C19H18N2O5S/c22-19(25-11-17-20-18(21-26-17)14-7-9-27-12-14)13-3-5-15(6-4-13)24-10-16-2-1-8-23-16/h3-7,9,12,16H,1-2,8,10-11H2/t16-/m0/s1. The smallest absolute Gasteiger partial charge is 0.338 e. The van der Waals surface area contributed by atoms with Crippen LogP contribution < -0.4 is 4.74 Å². The number of carbonyl (C=O) groups excluding carboxylic acids is 1. The van der Waals surface area contributed by atoms with Crippen LogP contribution in [0.2, 0.25) is 0 Å². The molecule has 0 N–H and O–H groups in total. The van der Waals surface area contributed by atoms with E-state index in [1.54, 1.807) is 35.6 Å². The predicted molar refractivity (Wildman–Crippen MR) is 97.6 cm³/mol. The normalized spacial score (nSPS) is 16.4. The van der Waals surface area contributed by atoms with E-state index in [2.05, 4.69) is 10.1 Å². The van der Waals surface area contributed by atoms with E-state index in [1.165, 1.54) is 0 Å². The van der Waals surface area contributed by atoms with Crippen molar-refractivity contribution in [2.75, 3.05) is 13.2 Å². The molecule has 1 aromatic carbocycles. The topological polar surface area (TPSA) is 83.7 Å². The Morgan fingerprint density at radius 3 is 2.89 bits per heavy atom. The second-order valence-corrected chi connectivity index (χ2v) is 6.85. The zero-order valence-electron chi connectivity index (χ0n) is 14.5. The summed E-state index contributed by atoms with van der Waals surface area (Å²) < 4.78 is 21.5. The molecule has 1 aliphatic heterocycles. The SMILES string of the molecule is O=C(OCc1nc(-c2ccsc2)no1)c1ccc(OC[C@@H]2CCCO2)cc1. The molecule has 3 heterocycles. The van der Waals surface area contributed by atoms with Crippen LogP contribution >= 0.6 is 11.3 Å². The van der Waals surface area contributed by atoms with Crippen LogP contribution in [0.5, 0.6) is 5.75 Å². The highest BCUT2D eigenvalue weighted by Gasteiger charge is 2.16. The second kappa shape index (κ2) is 8.32. The molecular formula is C19H18N2O5S. The lowest BCUT2D eigenvalue weighted by Gasteiger charge is -2.11. The first-order chi connectivity index (χ1) is 13.3. The maximum Gasteiger partial charge on any atom is 0.338 e. The zero-order chi connectivity index (χ0) is 18.5. The summed E-state index contributed by atoms with van der Waals surface area (Å²) in [4.78, 5) is 16.4. The maximum absolute atomic E-state index is 12.2. The van der Waals surface area contributed by atoms with Crippen LogP contribution in [0, 0.1) is 0 Å². The first-order valence-electron chi connectivity index (χ1n) is 8.65. The first-order valence-corrected chi connectivity index (χ1v) is 9.59. The number of carbonyl (C=O) groups is 1. The summed E-state index contributed by atoms with van der Waals surface area (Å²) in [6.07, 6.45) is 2.25. The predicted octanol–water partition coefficient (Wildman–Crippen LogP) is 3.71. The molecule has 3 aromatic rings. The van der Waals surface area contributed by atoms with E-state index < -0.39 is 5.97 Å². The van der Waals surface area contributed by atoms with Crippen LogP contribution in [-0.2, 0) is 16.1 Å². The zero-order valence-corrected chi connectivity index (χ0v) is 15.3. The first kappa shape index (κ1) is 17.7. The number of aromatic nitrogens is 2. The second-order valence-electron chi connectivity index (χ2n) is 6.07. The Balaban J connectivity index is 1.28. The molecule has 1 atom stereocenters. The molecule has 0 radical (unpaired) electrons. The van der Waals surface area contributed by atoms with Gasteiger partial charge < -0.3 is 18.7 Å². The summed E-state index contributed by atoms with van der Waals surface area (Å²) in [6, 6.07) is 8.71. The molecule has 7 nitrogen and oxygen atoms in total. The highest BCUT2D eigenvalue weighted by atomic mass is 32.1. The lowest BCUT2D eigenvalue weighted by atomic mass is 10.2. The quantitative estimate of drug-likeness (QED) is 0.572. The van der Waals surface area contributed by atoms with Gasteiger partial charge in [0, 0.05) is 17.6 Å². The molecule has 0 unspecified atom stereocenters. The summed E-state index contributed by atoms with van der Waals surface area (Å²) in [6.45, 7) is 1.24. The summed E-state index contributed by atoms with van der Waals surface area (Å²) in [5, 5.41) is 7.73.